The minimum Gasteiger partial charge on any atom is -0.326 e. The Balaban J connectivity index is 2.06. The number of likely N-dealkylation sites (N-methyl/N-ethyl adjacent to an activating group) is 1. The first-order valence-corrected chi connectivity index (χ1v) is 8.34. The van der Waals surface area contributed by atoms with E-state index in [1.165, 1.54) is 15.3 Å². The molecule has 0 aromatic carbocycles. The first-order valence-electron chi connectivity index (χ1n) is 7.53. The summed E-state index contributed by atoms with van der Waals surface area (Å²) in [5.41, 5.74) is 7.71. The molecule has 0 fully saturated rings. The highest BCUT2D eigenvalue weighted by atomic mass is 32.1. The zero-order chi connectivity index (χ0) is 15.2. The van der Waals surface area contributed by atoms with Gasteiger partial charge in [-0.25, -0.2) is 0 Å². The molecule has 0 bridgehead atoms. The third kappa shape index (κ3) is 4.37. The molecular weight excluding hydrogens is 278 g/mol. The van der Waals surface area contributed by atoms with Crippen molar-refractivity contribution < 1.29 is 0 Å². The lowest BCUT2D eigenvalue weighted by molar-refractivity contribution is 0.215. The van der Waals surface area contributed by atoms with Crippen molar-refractivity contribution in [2.75, 3.05) is 13.6 Å². The van der Waals surface area contributed by atoms with Crippen LogP contribution < -0.4 is 5.73 Å². The van der Waals surface area contributed by atoms with Gasteiger partial charge in [0.25, 0.3) is 0 Å². The van der Waals surface area contributed by atoms with Gasteiger partial charge < -0.3 is 5.73 Å². The van der Waals surface area contributed by atoms with Gasteiger partial charge >= 0.3 is 0 Å². The van der Waals surface area contributed by atoms with E-state index < -0.39 is 0 Å². The van der Waals surface area contributed by atoms with E-state index in [1.807, 2.05) is 23.7 Å². The lowest BCUT2D eigenvalue weighted by Crippen LogP contribution is -2.39. The van der Waals surface area contributed by atoms with Crippen LogP contribution in [0, 0.1) is 6.92 Å². The van der Waals surface area contributed by atoms with Crippen molar-refractivity contribution >= 4 is 11.3 Å². The van der Waals surface area contributed by atoms with E-state index in [-0.39, 0.29) is 6.04 Å². The zero-order valence-electron chi connectivity index (χ0n) is 13.1. The maximum Gasteiger partial charge on any atom is 0.0591 e. The van der Waals surface area contributed by atoms with Crippen LogP contribution in [0.15, 0.2) is 36.7 Å². The van der Waals surface area contributed by atoms with E-state index in [2.05, 4.69) is 55.0 Å². The highest BCUT2D eigenvalue weighted by molar-refractivity contribution is 7.12. The smallest absolute Gasteiger partial charge is 0.0591 e. The molecule has 2 N–H and O–H groups in total. The van der Waals surface area contributed by atoms with Crippen LogP contribution in [0.5, 0.6) is 0 Å². The number of pyridine rings is 1. The molecule has 0 aliphatic carbocycles. The molecule has 2 atom stereocenters. The van der Waals surface area contributed by atoms with Gasteiger partial charge in [0, 0.05) is 34.7 Å². The maximum atomic E-state index is 6.38. The molecule has 3 nitrogen and oxygen atoms in total. The summed E-state index contributed by atoms with van der Waals surface area (Å²) < 4.78 is 0. The van der Waals surface area contributed by atoms with E-state index >= 15 is 0 Å². The Morgan fingerprint density at radius 1 is 1.24 bits per heavy atom. The predicted octanol–water partition coefficient (Wildman–Crippen LogP) is 3.40. The molecule has 2 aromatic rings. The molecule has 21 heavy (non-hydrogen) atoms. The summed E-state index contributed by atoms with van der Waals surface area (Å²) in [6.07, 6.45) is 5.72. The van der Waals surface area contributed by atoms with Crippen LogP contribution in [0.4, 0.5) is 0 Å². The minimum atomic E-state index is 0.172. The molecule has 0 spiro atoms. The topological polar surface area (TPSA) is 42.1 Å². The summed E-state index contributed by atoms with van der Waals surface area (Å²) in [6.45, 7) is 5.31. The van der Waals surface area contributed by atoms with Crippen LogP contribution in [0.1, 0.15) is 34.7 Å². The van der Waals surface area contributed by atoms with Gasteiger partial charge in [0.2, 0.25) is 0 Å². The molecule has 2 heterocycles. The van der Waals surface area contributed by atoms with Crippen LogP contribution in [-0.2, 0) is 6.42 Å². The fraction of sp³-hybridized carbons (Fsp3) is 0.471. The SMILES string of the molecule is CCC(N)C(c1ccc(C)s1)N(C)CCc1ccncc1. The van der Waals surface area contributed by atoms with E-state index in [4.69, 9.17) is 5.73 Å². The van der Waals surface area contributed by atoms with Crippen molar-refractivity contribution in [2.24, 2.45) is 5.73 Å². The van der Waals surface area contributed by atoms with Crippen LogP contribution in [-0.4, -0.2) is 29.5 Å². The normalized spacial score (nSPS) is 14.3. The first-order chi connectivity index (χ1) is 10.1. The summed E-state index contributed by atoms with van der Waals surface area (Å²) in [4.78, 5) is 9.18. The van der Waals surface area contributed by atoms with Crippen LogP contribution in [0.25, 0.3) is 0 Å². The highest BCUT2D eigenvalue weighted by Gasteiger charge is 2.24. The van der Waals surface area contributed by atoms with Crippen LogP contribution in [0.2, 0.25) is 0 Å². The fourth-order valence-corrected chi connectivity index (χ4v) is 3.70. The van der Waals surface area contributed by atoms with Gasteiger partial charge in [-0.3, -0.25) is 9.88 Å². The summed E-state index contributed by atoms with van der Waals surface area (Å²) in [5.74, 6) is 0. The molecule has 0 aliphatic heterocycles. The van der Waals surface area contributed by atoms with E-state index in [0.29, 0.717) is 6.04 Å². The molecule has 0 aliphatic rings. The van der Waals surface area contributed by atoms with Gasteiger partial charge in [-0.2, -0.15) is 0 Å². The van der Waals surface area contributed by atoms with Gasteiger partial charge in [0.1, 0.15) is 0 Å². The molecule has 2 aromatic heterocycles. The molecule has 2 rings (SSSR count). The monoisotopic (exact) mass is 303 g/mol. The Kier molecular flexibility index (Phi) is 5.91. The van der Waals surface area contributed by atoms with E-state index in [0.717, 1.165) is 19.4 Å². The number of rotatable bonds is 7. The Bertz CT molecular complexity index is 538. The van der Waals surface area contributed by atoms with Gasteiger partial charge in [-0.15, -0.1) is 11.3 Å². The third-order valence-electron chi connectivity index (χ3n) is 3.91. The molecule has 2 unspecified atom stereocenters. The van der Waals surface area contributed by atoms with Gasteiger partial charge in [0.05, 0.1) is 6.04 Å². The average molecular weight is 303 g/mol. The minimum absolute atomic E-state index is 0.172. The van der Waals surface area contributed by atoms with Gasteiger partial charge in [0.15, 0.2) is 0 Å². The molecular formula is C17H25N3S. The van der Waals surface area contributed by atoms with Crippen molar-refractivity contribution in [2.45, 2.75) is 38.8 Å². The average Bonchev–Trinajstić information content (AvgIpc) is 2.92. The van der Waals surface area contributed by atoms with Crippen molar-refractivity contribution in [1.29, 1.82) is 0 Å². The van der Waals surface area contributed by atoms with Crippen molar-refractivity contribution in [3.63, 3.8) is 0 Å². The van der Waals surface area contributed by atoms with Crippen molar-refractivity contribution in [3.05, 3.63) is 52.0 Å². The number of thiophene rings is 1. The largest absolute Gasteiger partial charge is 0.326 e. The molecule has 0 saturated heterocycles. The molecule has 4 heteroatoms. The lowest BCUT2D eigenvalue weighted by atomic mass is 10.0. The number of nitrogens with zero attached hydrogens (tertiary/aromatic N) is 2. The van der Waals surface area contributed by atoms with Gasteiger partial charge in [-0.05, 0) is 56.6 Å². The number of aryl methyl sites for hydroxylation is 1. The first kappa shape index (κ1) is 16.1. The number of nitrogens with two attached hydrogens (primary N) is 1. The van der Waals surface area contributed by atoms with Crippen molar-refractivity contribution in [3.8, 4) is 0 Å². The van der Waals surface area contributed by atoms with Crippen LogP contribution >= 0.6 is 11.3 Å². The van der Waals surface area contributed by atoms with E-state index in [9.17, 15) is 0 Å². The summed E-state index contributed by atoms with van der Waals surface area (Å²) in [5, 5.41) is 0. The molecule has 0 amide bonds. The number of aromatic nitrogens is 1. The van der Waals surface area contributed by atoms with Crippen molar-refractivity contribution in [1.82, 2.24) is 9.88 Å². The summed E-state index contributed by atoms with van der Waals surface area (Å²) in [6, 6.07) is 9.05. The maximum absolute atomic E-state index is 6.38. The standard InChI is InChI=1S/C17H25N3S/c1-4-15(18)17(16-6-5-13(2)21-16)20(3)12-9-14-7-10-19-11-8-14/h5-8,10-11,15,17H,4,9,12,18H2,1-3H3. The van der Waals surface area contributed by atoms with Gasteiger partial charge in [-0.1, -0.05) is 6.92 Å². The highest BCUT2D eigenvalue weighted by Crippen LogP contribution is 2.30. The Labute approximate surface area is 131 Å². The second-order valence-corrected chi connectivity index (χ2v) is 6.87. The quantitative estimate of drug-likeness (QED) is 0.852. The molecule has 0 radical (unpaired) electrons. The second kappa shape index (κ2) is 7.69. The Morgan fingerprint density at radius 2 is 1.95 bits per heavy atom. The molecule has 114 valence electrons. The third-order valence-corrected chi connectivity index (χ3v) is 4.98. The Hall–Kier alpha value is -1.23. The Morgan fingerprint density at radius 3 is 2.52 bits per heavy atom. The lowest BCUT2D eigenvalue weighted by Gasteiger charge is -2.31. The molecule has 0 saturated carbocycles. The number of hydrogen-bond donors (Lipinski definition) is 1. The second-order valence-electron chi connectivity index (χ2n) is 5.55. The number of hydrogen-bond acceptors (Lipinski definition) is 4. The fourth-order valence-electron chi connectivity index (χ4n) is 2.58. The zero-order valence-corrected chi connectivity index (χ0v) is 13.9. The predicted molar refractivity (Wildman–Crippen MR) is 90.6 cm³/mol. The van der Waals surface area contributed by atoms with E-state index in [1.54, 1.807) is 0 Å². The summed E-state index contributed by atoms with van der Waals surface area (Å²) in [7, 11) is 2.18. The summed E-state index contributed by atoms with van der Waals surface area (Å²) >= 11 is 1.86. The van der Waals surface area contributed by atoms with Crippen LogP contribution in [0.3, 0.4) is 0 Å².